The number of rotatable bonds is 3. The van der Waals surface area contributed by atoms with E-state index in [0.29, 0.717) is 53.3 Å². The van der Waals surface area contributed by atoms with Crippen LogP contribution in [0.1, 0.15) is 12.7 Å². The summed E-state index contributed by atoms with van der Waals surface area (Å²) in [6.45, 7) is 3.98. The molecule has 1 aromatic carbocycles. The van der Waals surface area contributed by atoms with Gasteiger partial charge < -0.3 is 14.2 Å². The van der Waals surface area contributed by atoms with Crippen molar-refractivity contribution in [3.05, 3.63) is 57.2 Å². The summed E-state index contributed by atoms with van der Waals surface area (Å²) in [5.74, 6) is 0.454. The first-order valence-corrected chi connectivity index (χ1v) is 10.1. The number of amidine groups is 1. The average molecular weight is 426 g/mol. The Bertz CT molecular complexity index is 1080. The molecule has 1 saturated heterocycles. The van der Waals surface area contributed by atoms with Crippen LogP contribution in [0.4, 0.5) is 5.69 Å². The summed E-state index contributed by atoms with van der Waals surface area (Å²) < 4.78 is 5.74. The first-order valence-electron chi connectivity index (χ1n) is 9.29. The van der Waals surface area contributed by atoms with Crippen LogP contribution in [0.3, 0.4) is 0 Å². The van der Waals surface area contributed by atoms with Gasteiger partial charge in [0.1, 0.15) is 11.5 Å². The average Bonchev–Trinajstić information content (AvgIpc) is 3.35. The van der Waals surface area contributed by atoms with Crippen molar-refractivity contribution in [1.82, 2.24) is 9.80 Å². The third-order valence-corrected chi connectivity index (χ3v) is 5.92. The lowest BCUT2D eigenvalue weighted by Gasteiger charge is -2.34. The van der Waals surface area contributed by atoms with Gasteiger partial charge in [0.15, 0.2) is 5.17 Å². The third-order valence-electron chi connectivity index (χ3n) is 4.87. The van der Waals surface area contributed by atoms with Gasteiger partial charge >= 0.3 is 0 Å². The number of hydrogen-bond donors (Lipinski definition) is 0. The molecule has 0 bridgehead atoms. The number of benzene rings is 1. The number of carbonyl (C=O) groups excluding carboxylic acids is 2. The molecule has 1 fully saturated rings. The quantitative estimate of drug-likeness (QED) is 0.422. The Morgan fingerprint density at radius 3 is 2.63 bits per heavy atom. The fourth-order valence-electron chi connectivity index (χ4n) is 3.29. The van der Waals surface area contributed by atoms with Crippen LogP contribution >= 0.6 is 11.8 Å². The summed E-state index contributed by atoms with van der Waals surface area (Å²) >= 11 is 1.26. The van der Waals surface area contributed by atoms with Gasteiger partial charge in [-0.2, -0.15) is 4.99 Å². The maximum Gasteiger partial charge on any atom is 0.286 e. The lowest BCUT2D eigenvalue weighted by molar-refractivity contribution is -0.384. The van der Waals surface area contributed by atoms with Gasteiger partial charge in [0.2, 0.25) is 5.91 Å². The fourth-order valence-corrected chi connectivity index (χ4v) is 4.24. The molecule has 2 aromatic rings. The second-order valence-electron chi connectivity index (χ2n) is 6.78. The number of nitro groups is 1. The maximum atomic E-state index is 12.3. The molecule has 2 aliphatic rings. The molecule has 0 saturated carbocycles. The molecule has 10 heteroatoms. The standard InChI is InChI=1S/C20H18N4O5S/c1-13(25)22-8-10-23(11-9-22)20-21-19(26)18(30-20)12-14-6-7-17(29-14)15-4-2-3-5-16(15)24(27)28/h2-7,12H,8-11H2,1H3/b18-12-. The molecule has 9 nitrogen and oxygen atoms in total. The van der Waals surface area contributed by atoms with Gasteiger partial charge in [0.05, 0.1) is 15.4 Å². The molecule has 4 rings (SSSR count). The highest BCUT2D eigenvalue weighted by molar-refractivity contribution is 8.18. The van der Waals surface area contributed by atoms with E-state index in [1.807, 2.05) is 4.90 Å². The Hall–Kier alpha value is -3.40. The normalized spacial score (nSPS) is 18.1. The number of piperazine rings is 1. The molecule has 0 atom stereocenters. The smallest absolute Gasteiger partial charge is 0.286 e. The molecule has 3 heterocycles. The van der Waals surface area contributed by atoms with Crippen molar-refractivity contribution < 1.29 is 18.9 Å². The second kappa shape index (κ2) is 8.15. The van der Waals surface area contributed by atoms with E-state index in [2.05, 4.69) is 4.99 Å². The number of carbonyl (C=O) groups is 2. The Kier molecular flexibility index (Phi) is 5.40. The number of hydrogen-bond acceptors (Lipinski definition) is 7. The van der Waals surface area contributed by atoms with Crippen molar-refractivity contribution in [3.63, 3.8) is 0 Å². The topological polar surface area (TPSA) is 109 Å². The Morgan fingerprint density at radius 2 is 1.93 bits per heavy atom. The van der Waals surface area contributed by atoms with Gasteiger partial charge in [-0.05, 0) is 30.0 Å². The van der Waals surface area contributed by atoms with E-state index < -0.39 is 4.92 Å². The van der Waals surface area contributed by atoms with Crippen LogP contribution in [0.15, 0.2) is 50.7 Å². The zero-order chi connectivity index (χ0) is 21.3. The van der Waals surface area contributed by atoms with Gasteiger partial charge in [-0.3, -0.25) is 19.7 Å². The van der Waals surface area contributed by atoms with E-state index in [-0.39, 0.29) is 17.5 Å². The number of furan rings is 1. The monoisotopic (exact) mass is 426 g/mol. The van der Waals surface area contributed by atoms with Crippen LogP contribution in [-0.2, 0) is 9.59 Å². The summed E-state index contributed by atoms with van der Waals surface area (Å²) in [5, 5.41) is 11.8. The highest BCUT2D eigenvalue weighted by Gasteiger charge is 2.29. The van der Waals surface area contributed by atoms with E-state index in [1.54, 1.807) is 48.2 Å². The minimum atomic E-state index is -0.460. The molecule has 30 heavy (non-hydrogen) atoms. The number of aliphatic imine (C=N–C) groups is 1. The van der Waals surface area contributed by atoms with Crippen molar-refractivity contribution >= 4 is 40.5 Å². The van der Waals surface area contributed by atoms with Gasteiger partial charge in [0.25, 0.3) is 11.6 Å². The predicted molar refractivity (Wildman–Crippen MR) is 113 cm³/mol. The third kappa shape index (κ3) is 3.99. The van der Waals surface area contributed by atoms with Crippen molar-refractivity contribution in [3.8, 4) is 11.3 Å². The van der Waals surface area contributed by atoms with Crippen LogP contribution in [-0.4, -0.2) is 57.9 Å². The molecular formula is C20H18N4O5S. The Balaban J connectivity index is 1.48. The lowest BCUT2D eigenvalue weighted by Crippen LogP contribution is -2.49. The van der Waals surface area contributed by atoms with E-state index >= 15 is 0 Å². The molecular weight excluding hydrogens is 408 g/mol. The summed E-state index contributed by atoms with van der Waals surface area (Å²) in [6, 6.07) is 9.63. The largest absolute Gasteiger partial charge is 0.456 e. The van der Waals surface area contributed by atoms with Crippen molar-refractivity contribution in [2.45, 2.75) is 6.92 Å². The van der Waals surface area contributed by atoms with Crippen LogP contribution in [0.25, 0.3) is 17.4 Å². The van der Waals surface area contributed by atoms with E-state index in [9.17, 15) is 19.7 Å². The zero-order valence-electron chi connectivity index (χ0n) is 16.1. The molecule has 0 unspecified atom stereocenters. The van der Waals surface area contributed by atoms with Crippen LogP contribution in [0.2, 0.25) is 0 Å². The minimum absolute atomic E-state index is 0.0413. The first kappa shape index (κ1) is 19.9. The van der Waals surface area contributed by atoms with Gasteiger partial charge in [-0.1, -0.05) is 12.1 Å². The first-order chi connectivity index (χ1) is 14.4. The van der Waals surface area contributed by atoms with Crippen LogP contribution in [0, 0.1) is 10.1 Å². The number of nitrogens with zero attached hydrogens (tertiary/aromatic N) is 4. The van der Waals surface area contributed by atoms with Crippen LogP contribution < -0.4 is 0 Å². The number of thioether (sulfide) groups is 1. The van der Waals surface area contributed by atoms with Crippen molar-refractivity contribution in [2.24, 2.45) is 4.99 Å². The maximum absolute atomic E-state index is 12.3. The molecule has 0 N–H and O–H groups in total. The van der Waals surface area contributed by atoms with Gasteiger partial charge in [0, 0.05) is 45.2 Å². The zero-order valence-corrected chi connectivity index (χ0v) is 16.9. The Labute approximate surface area is 176 Å². The summed E-state index contributed by atoms with van der Waals surface area (Å²) in [4.78, 5) is 42.9. The molecule has 0 spiro atoms. The van der Waals surface area contributed by atoms with Crippen molar-refractivity contribution in [2.75, 3.05) is 26.2 Å². The van der Waals surface area contributed by atoms with Crippen molar-refractivity contribution in [1.29, 1.82) is 0 Å². The molecule has 2 amide bonds. The van der Waals surface area contributed by atoms with Gasteiger partial charge in [-0.15, -0.1) is 0 Å². The Morgan fingerprint density at radius 1 is 1.20 bits per heavy atom. The minimum Gasteiger partial charge on any atom is -0.456 e. The predicted octanol–water partition coefficient (Wildman–Crippen LogP) is 2.99. The van der Waals surface area contributed by atoms with Gasteiger partial charge in [-0.25, -0.2) is 0 Å². The molecule has 2 aliphatic heterocycles. The summed E-state index contributed by atoms with van der Waals surface area (Å²) in [5.41, 5.74) is 0.325. The SMILES string of the molecule is CC(=O)N1CCN(C2=NC(=O)/C(=C/c3ccc(-c4ccccc4[N+](=O)[O-])o3)S2)CC1. The lowest BCUT2D eigenvalue weighted by atomic mass is 10.1. The second-order valence-corrected chi connectivity index (χ2v) is 7.79. The highest BCUT2D eigenvalue weighted by atomic mass is 32.2. The van der Waals surface area contributed by atoms with E-state index in [1.165, 1.54) is 17.8 Å². The summed E-state index contributed by atoms with van der Waals surface area (Å²) in [6.07, 6.45) is 1.59. The van der Waals surface area contributed by atoms with E-state index in [0.717, 1.165) is 0 Å². The number of amides is 2. The summed E-state index contributed by atoms with van der Waals surface area (Å²) in [7, 11) is 0. The molecule has 154 valence electrons. The highest BCUT2D eigenvalue weighted by Crippen LogP contribution is 2.34. The number of para-hydroxylation sites is 1. The number of nitro benzene ring substituents is 1. The molecule has 0 aliphatic carbocycles. The molecule has 0 radical (unpaired) electrons. The van der Waals surface area contributed by atoms with Crippen LogP contribution in [0.5, 0.6) is 0 Å². The molecule has 1 aromatic heterocycles. The van der Waals surface area contributed by atoms with E-state index in [4.69, 9.17) is 4.42 Å². The fraction of sp³-hybridized carbons (Fsp3) is 0.250.